The van der Waals surface area contributed by atoms with E-state index >= 15 is 0 Å². The van der Waals surface area contributed by atoms with E-state index in [1.807, 2.05) is 19.1 Å². The zero-order chi connectivity index (χ0) is 17.7. The van der Waals surface area contributed by atoms with Crippen LogP contribution in [0.1, 0.15) is 5.01 Å². The number of thiazole rings is 2. The molecule has 0 bridgehead atoms. The highest BCUT2D eigenvalue weighted by molar-refractivity contribution is 7.24. The number of urea groups is 1. The van der Waals surface area contributed by atoms with Crippen molar-refractivity contribution in [1.29, 1.82) is 0 Å². The van der Waals surface area contributed by atoms with Gasteiger partial charge >= 0.3 is 6.03 Å². The van der Waals surface area contributed by atoms with Gasteiger partial charge in [-0.25, -0.2) is 14.8 Å². The monoisotopic (exact) mass is 384 g/mol. The summed E-state index contributed by atoms with van der Waals surface area (Å²) in [5.74, 6) is 1.29. The van der Waals surface area contributed by atoms with E-state index in [2.05, 4.69) is 20.6 Å². The second-order valence-electron chi connectivity index (χ2n) is 5.66. The molecule has 0 aliphatic carbocycles. The molecule has 26 heavy (non-hydrogen) atoms. The van der Waals surface area contributed by atoms with Gasteiger partial charge in [0.1, 0.15) is 5.52 Å². The third-order valence-electron chi connectivity index (χ3n) is 3.87. The minimum absolute atomic E-state index is 0.196. The van der Waals surface area contributed by atoms with Crippen molar-refractivity contribution in [2.75, 3.05) is 17.4 Å². The number of ether oxygens (including phenoxy) is 2. The first-order chi connectivity index (χ1) is 12.7. The average Bonchev–Trinajstić information content (AvgIpc) is 3.30. The van der Waals surface area contributed by atoms with Crippen molar-refractivity contribution in [3.8, 4) is 11.5 Å². The summed E-state index contributed by atoms with van der Waals surface area (Å²) in [7, 11) is 0. The second kappa shape index (κ2) is 5.82. The molecule has 1 aliphatic rings. The van der Waals surface area contributed by atoms with E-state index in [1.165, 1.54) is 11.3 Å². The number of nitrogens with one attached hydrogen (secondary N) is 2. The molecule has 0 saturated heterocycles. The maximum absolute atomic E-state index is 12.3. The molecule has 5 rings (SSSR count). The smallest absolute Gasteiger partial charge is 0.325 e. The van der Waals surface area contributed by atoms with E-state index in [4.69, 9.17) is 9.47 Å². The summed E-state index contributed by atoms with van der Waals surface area (Å²) in [5.41, 5.74) is 2.38. The van der Waals surface area contributed by atoms with E-state index in [0.29, 0.717) is 22.3 Å². The Morgan fingerprint density at radius 1 is 1.08 bits per heavy atom. The molecule has 0 atom stereocenters. The highest BCUT2D eigenvalue weighted by Crippen LogP contribution is 2.36. The molecular weight excluding hydrogens is 372 g/mol. The van der Waals surface area contributed by atoms with Gasteiger partial charge in [-0.05, 0) is 31.2 Å². The lowest BCUT2D eigenvalue weighted by atomic mass is 10.3. The van der Waals surface area contributed by atoms with Crippen molar-refractivity contribution in [1.82, 2.24) is 9.97 Å². The molecular formula is C17H12N4O3S2. The van der Waals surface area contributed by atoms with Gasteiger partial charge in [0.2, 0.25) is 6.79 Å². The lowest BCUT2D eigenvalue weighted by Crippen LogP contribution is -2.19. The van der Waals surface area contributed by atoms with Crippen molar-refractivity contribution in [3.63, 3.8) is 0 Å². The first kappa shape index (κ1) is 15.4. The molecule has 3 heterocycles. The number of aryl methyl sites for hydroxylation is 1. The molecule has 9 heteroatoms. The summed E-state index contributed by atoms with van der Waals surface area (Å²) in [4.78, 5) is 21.3. The normalized spacial score (nSPS) is 12.7. The molecule has 2 N–H and O–H groups in total. The summed E-state index contributed by atoms with van der Waals surface area (Å²) >= 11 is 3.06. The van der Waals surface area contributed by atoms with Crippen LogP contribution in [-0.2, 0) is 0 Å². The Morgan fingerprint density at radius 3 is 2.88 bits per heavy atom. The Balaban J connectivity index is 1.38. The first-order valence-corrected chi connectivity index (χ1v) is 9.43. The maximum atomic E-state index is 12.3. The number of benzene rings is 2. The molecule has 2 amide bonds. The van der Waals surface area contributed by atoms with Crippen LogP contribution >= 0.6 is 22.7 Å². The van der Waals surface area contributed by atoms with Crippen LogP contribution in [0.5, 0.6) is 11.5 Å². The second-order valence-corrected chi connectivity index (χ2v) is 7.89. The number of amides is 2. The van der Waals surface area contributed by atoms with Crippen molar-refractivity contribution in [2.45, 2.75) is 6.92 Å². The van der Waals surface area contributed by atoms with Gasteiger partial charge in [-0.2, -0.15) is 0 Å². The molecule has 130 valence electrons. The SMILES string of the molecule is Cc1nc2c(ccc3nc(NC(=O)Nc4ccc5c(c4)OCO5)sc32)s1. The molecule has 2 aromatic carbocycles. The highest BCUT2D eigenvalue weighted by atomic mass is 32.1. The molecule has 0 spiro atoms. The predicted octanol–water partition coefficient (Wildman–Crippen LogP) is 4.59. The van der Waals surface area contributed by atoms with Gasteiger partial charge in [0.15, 0.2) is 16.6 Å². The number of aromatic nitrogens is 2. The Kier molecular flexibility index (Phi) is 3.44. The van der Waals surface area contributed by atoms with Gasteiger partial charge < -0.3 is 14.8 Å². The Bertz CT molecular complexity index is 1170. The first-order valence-electron chi connectivity index (χ1n) is 7.80. The molecule has 1 aliphatic heterocycles. The summed E-state index contributed by atoms with van der Waals surface area (Å²) in [6, 6.07) is 8.84. The van der Waals surface area contributed by atoms with Crippen LogP contribution < -0.4 is 20.1 Å². The van der Waals surface area contributed by atoms with Crippen LogP contribution in [0.15, 0.2) is 30.3 Å². The number of anilines is 2. The van der Waals surface area contributed by atoms with Crippen molar-refractivity contribution >= 4 is 60.0 Å². The number of hydrogen-bond donors (Lipinski definition) is 2. The van der Waals surface area contributed by atoms with E-state index in [0.717, 1.165) is 25.4 Å². The summed E-state index contributed by atoms with van der Waals surface area (Å²) in [5, 5.41) is 7.09. The van der Waals surface area contributed by atoms with Gasteiger partial charge in [0.25, 0.3) is 0 Å². The van der Waals surface area contributed by atoms with Gasteiger partial charge in [0, 0.05) is 11.8 Å². The van der Waals surface area contributed by atoms with Crippen molar-refractivity contribution in [3.05, 3.63) is 35.3 Å². The van der Waals surface area contributed by atoms with Gasteiger partial charge in [-0.1, -0.05) is 11.3 Å². The summed E-state index contributed by atoms with van der Waals surface area (Å²) in [6.07, 6.45) is 0. The zero-order valence-electron chi connectivity index (χ0n) is 13.5. The number of nitrogens with zero attached hydrogens (tertiary/aromatic N) is 2. The molecule has 4 aromatic rings. The lowest BCUT2D eigenvalue weighted by molar-refractivity contribution is 0.174. The van der Waals surface area contributed by atoms with Crippen LogP contribution in [0.25, 0.3) is 20.4 Å². The molecule has 7 nitrogen and oxygen atoms in total. The minimum Gasteiger partial charge on any atom is -0.454 e. The number of hydrogen-bond acceptors (Lipinski definition) is 7. The Hall–Kier alpha value is -2.91. The van der Waals surface area contributed by atoms with Crippen LogP contribution in [0.3, 0.4) is 0 Å². The molecule has 0 fully saturated rings. The molecule has 0 radical (unpaired) electrons. The summed E-state index contributed by atoms with van der Waals surface area (Å²) in [6.45, 7) is 2.18. The van der Waals surface area contributed by atoms with Crippen molar-refractivity contribution in [2.24, 2.45) is 0 Å². The topological polar surface area (TPSA) is 85.4 Å². The highest BCUT2D eigenvalue weighted by Gasteiger charge is 2.15. The molecule has 0 saturated carbocycles. The largest absolute Gasteiger partial charge is 0.454 e. The summed E-state index contributed by atoms with van der Waals surface area (Å²) < 4.78 is 12.7. The lowest BCUT2D eigenvalue weighted by Gasteiger charge is -2.06. The standard InChI is InChI=1S/C17H12N4O3S2/c1-8-18-14-13(25-8)5-3-10-15(14)26-17(20-10)21-16(22)19-9-2-4-11-12(6-9)24-7-23-11/h2-6H,7H2,1H3,(H2,19,20,21,22). The Morgan fingerprint density at radius 2 is 1.96 bits per heavy atom. The predicted molar refractivity (Wildman–Crippen MR) is 103 cm³/mol. The Labute approximate surface area is 155 Å². The van der Waals surface area contributed by atoms with Crippen LogP contribution in [0.2, 0.25) is 0 Å². The number of carbonyl (C=O) groups excluding carboxylic acids is 1. The van der Waals surface area contributed by atoms with Gasteiger partial charge in [-0.3, -0.25) is 5.32 Å². The molecule has 2 aromatic heterocycles. The number of fused-ring (bicyclic) bond motifs is 4. The number of carbonyl (C=O) groups is 1. The van der Waals surface area contributed by atoms with Crippen LogP contribution in [0.4, 0.5) is 15.6 Å². The third kappa shape index (κ3) is 2.61. The average molecular weight is 384 g/mol. The van der Waals surface area contributed by atoms with E-state index in [9.17, 15) is 4.79 Å². The van der Waals surface area contributed by atoms with E-state index in [-0.39, 0.29) is 12.8 Å². The molecule has 0 unspecified atom stereocenters. The van der Waals surface area contributed by atoms with E-state index in [1.54, 1.807) is 29.5 Å². The third-order valence-corrected chi connectivity index (χ3v) is 5.80. The fourth-order valence-electron chi connectivity index (χ4n) is 2.77. The maximum Gasteiger partial charge on any atom is 0.325 e. The fraction of sp³-hybridized carbons (Fsp3) is 0.118. The van der Waals surface area contributed by atoms with Crippen molar-refractivity contribution < 1.29 is 14.3 Å². The van der Waals surface area contributed by atoms with Crippen LogP contribution in [-0.4, -0.2) is 22.8 Å². The quantitative estimate of drug-likeness (QED) is 0.528. The van der Waals surface area contributed by atoms with E-state index < -0.39 is 0 Å². The van der Waals surface area contributed by atoms with Crippen LogP contribution in [0, 0.1) is 6.92 Å². The minimum atomic E-state index is -0.367. The van der Waals surface area contributed by atoms with Gasteiger partial charge in [0.05, 0.1) is 19.9 Å². The number of rotatable bonds is 2. The van der Waals surface area contributed by atoms with Gasteiger partial charge in [-0.15, -0.1) is 11.3 Å². The zero-order valence-corrected chi connectivity index (χ0v) is 15.2. The fourth-order valence-corrected chi connectivity index (χ4v) is 4.63.